The van der Waals surface area contributed by atoms with E-state index in [1.54, 1.807) is 0 Å². The molecule has 2 rings (SSSR count). The fourth-order valence-electron chi connectivity index (χ4n) is 2.46. The van der Waals surface area contributed by atoms with Crippen LogP contribution in [0.5, 0.6) is 0 Å². The van der Waals surface area contributed by atoms with Gasteiger partial charge in [-0.1, -0.05) is 42.3 Å². The average molecular weight is 259 g/mol. The molecule has 3 unspecified atom stereocenters. The molecule has 96 valence electrons. The van der Waals surface area contributed by atoms with E-state index in [4.69, 9.17) is 0 Å². The van der Waals surface area contributed by atoms with Gasteiger partial charge in [0, 0.05) is 23.2 Å². The Morgan fingerprint density at radius 3 is 3.11 bits per heavy atom. The summed E-state index contributed by atoms with van der Waals surface area (Å²) >= 11 is 0. The van der Waals surface area contributed by atoms with Crippen LogP contribution in [0.15, 0.2) is 59.7 Å². The van der Waals surface area contributed by atoms with Crippen molar-refractivity contribution in [3.05, 3.63) is 59.7 Å². The van der Waals surface area contributed by atoms with Crippen LogP contribution < -0.4 is 5.32 Å². The summed E-state index contributed by atoms with van der Waals surface area (Å²) in [7, 11) is 2.78. The van der Waals surface area contributed by atoms with Gasteiger partial charge in [0.2, 0.25) is 0 Å². The molecule has 0 aliphatic heterocycles. The normalized spacial score (nSPS) is 25.9. The van der Waals surface area contributed by atoms with Crippen LogP contribution in [0.1, 0.15) is 26.2 Å². The van der Waals surface area contributed by atoms with E-state index in [2.05, 4.69) is 64.5 Å². The van der Waals surface area contributed by atoms with Crippen molar-refractivity contribution in [3.8, 4) is 0 Å². The Kier molecular flexibility index (Phi) is 4.60. The first-order valence-corrected chi connectivity index (χ1v) is 7.19. The Hall–Kier alpha value is -1.07. The molecule has 2 aliphatic rings. The van der Waals surface area contributed by atoms with Crippen molar-refractivity contribution < 1.29 is 0 Å². The molecule has 0 aromatic heterocycles. The maximum atomic E-state index is 4.14. The lowest BCUT2D eigenvalue weighted by Crippen LogP contribution is -2.23. The molecule has 2 aliphatic carbocycles. The van der Waals surface area contributed by atoms with Gasteiger partial charge in [-0.25, -0.2) is 0 Å². The predicted octanol–water partition coefficient (Wildman–Crippen LogP) is 4.29. The minimum Gasteiger partial charge on any atom is -0.363 e. The summed E-state index contributed by atoms with van der Waals surface area (Å²) in [5.74, 6) is 1.18. The topological polar surface area (TPSA) is 12.0 Å². The number of nitrogens with one attached hydrogen (secondary N) is 1. The molecule has 0 spiro atoms. The van der Waals surface area contributed by atoms with Crippen molar-refractivity contribution in [3.63, 3.8) is 0 Å². The molecule has 1 nitrogen and oxygen atoms in total. The van der Waals surface area contributed by atoms with Gasteiger partial charge in [-0.3, -0.25) is 0 Å². The zero-order chi connectivity index (χ0) is 13.0. The van der Waals surface area contributed by atoms with Gasteiger partial charge < -0.3 is 5.32 Å². The summed E-state index contributed by atoms with van der Waals surface area (Å²) in [4.78, 5) is 0. The lowest BCUT2D eigenvalue weighted by Gasteiger charge is -2.25. The fraction of sp³-hybridized carbons (Fsp3) is 0.375. The van der Waals surface area contributed by atoms with E-state index in [0.717, 1.165) is 25.0 Å². The smallest absolute Gasteiger partial charge is 0.0192 e. The molecule has 0 fully saturated rings. The second-order valence-corrected chi connectivity index (χ2v) is 5.69. The minimum absolute atomic E-state index is 0.582. The van der Waals surface area contributed by atoms with Crippen molar-refractivity contribution in [2.75, 3.05) is 0 Å². The molecule has 0 saturated heterocycles. The highest BCUT2D eigenvalue weighted by Gasteiger charge is 2.26. The van der Waals surface area contributed by atoms with E-state index >= 15 is 0 Å². The summed E-state index contributed by atoms with van der Waals surface area (Å²) in [6, 6.07) is 0. The molecule has 1 N–H and O–H groups in total. The van der Waals surface area contributed by atoms with E-state index in [-0.39, 0.29) is 0 Å². The van der Waals surface area contributed by atoms with Crippen LogP contribution in [0.3, 0.4) is 0 Å². The van der Waals surface area contributed by atoms with Gasteiger partial charge in [0.25, 0.3) is 0 Å². The van der Waals surface area contributed by atoms with E-state index in [1.165, 1.54) is 11.0 Å². The molecule has 3 atom stereocenters. The highest BCUT2D eigenvalue weighted by molar-refractivity contribution is 7.22. The molecular formula is C16H22NP. The first-order chi connectivity index (χ1) is 8.70. The van der Waals surface area contributed by atoms with Crippen molar-refractivity contribution >= 4 is 9.24 Å². The molecule has 2 heteroatoms. The van der Waals surface area contributed by atoms with Crippen molar-refractivity contribution in [2.24, 2.45) is 11.8 Å². The summed E-state index contributed by atoms with van der Waals surface area (Å²) in [6.45, 7) is 6.21. The second kappa shape index (κ2) is 6.20. The van der Waals surface area contributed by atoms with Crippen LogP contribution in [0, 0.1) is 11.8 Å². The third kappa shape index (κ3) is 3.23. The molecule has 0 aromatic rings. The van der Waals surface area contributed by atoms with Crippen molar-refractivity contribution in [2.45, 2.75) is 26.2 Å². The molecule has 0 amide bonds. The van der Waals surface area contributed by atoms with Gasteiger partial charge in [-0.2, -0.15) is 0 Å². The van der Waals surface area contributed by atoms with E-state index in [9.17, 15) is 0 Å². The van der Waals surface area contributed by atoms with Crippen molar-refractivity contribution in [1.29, 1.82) is 0 Å². The van der Waals surface area contributed by atoms with Gasteiger partial charge >= 0.3 is 0 Å². The molecular weight excluding hydrogens is 237 g/mol. The number of hydrogen-bond acceptors (Lipinski definition) is 1. The summed E-state index contributed by atoms with van der Waals surface area (Å²) in [5, 5.41) is 4.85. The highest BCUT2D eigenvalue weighted by Crippen LogP contribution is 2.34. The van der Waals surface area contributed by atoms with Crippen LogP contribution >= 0.6 is 9.24 Å². The molecule has 0 aromatic carbocycles. The Balaban J connectivity index is 1.88. The number of fused-ring (bicyclic) bond motifs is 1. The van der Waals surface area contributed by atoms with Gasteiger partial charge in [0.05, 0.1) is 0 Å². The SMILES string of the molecule is C=C(CC/C(P)=C\C)NC1=CC=CC2C=CCC12. The standard InChI is InChI=1S/C16H22NP/c1-3-14(18)11-10-12(2)17-16-9-5-7-13-6-4-8-15(13)16/h3-7,9,13,15,17H,2,8,10-11,18H2,1H3/b14-3+. The number of hydrogen-bond donors (Lipinski definition) is 1. The quantitative estimate of drug-likeness (QED) is 0.573. The third-order valence-corrected chi connectivity index (χ3v) is 4.25. The summed E-state index contributed by atoms with van der Waals surface area (Å²) in [6.07, 6.45) is 16.5. The number of allylic oxidation sites excluding steroid dienone is 9. The average Bonchev–Trinajstić information content (AvgIpc) is 2.85. The number of rotatable bonds is 5. The van der Waals surface area contributed by atoms with Crippen LogP contribution in [0.4, 0.5) is 0 Å². The Morgan fingerprint density at radius 1 is 1.50 bits per heavy atom. The van der Waals surface area contributed by atoms with Gasteiger partial charge in [0.15, 0.2) is 0 Å². The van der Waals surface area contributed by atoms with E-state index in [0.29, 0.717) is 11.8 Å². The Labute approximate surface area is 113 Å². The molecule has 0 radical (unpaired) electrons. The van der Waals surface area contributed by atoms with Crippen LogP contribution in [-0.4, -0.2) is 0 Å². The first-order valence-electron chi connectivity index (χ1n) is 6.61. The fourth-order valence-corrected chi connectivity index (χ4v) is 2.60. The predicted molar refractivity (Wildman–Crippen MR) is 82.9 cm³/mol. The maximum Gasteiger partial charge on any atom is 0.0192 e. The van der Waals surface area contributed by atoms with Gasteiger partial charge in [-0.15, -0.1) is 9.24 Å². The molecule has 0 bridgehead atoms. The second-order valence-electron chi connectivity index (χ2n) is 4.95. The third-order valence-electron chi connectivity index (χ3n) is 3.63. The molecule has 18 heavy (non-hydrogen) atoms. The van der Waals surface area contributed by atoms with Crippen molar-refractivity contribution in [1.82, 2.24) is 5.32 Å². The zero-order valence-electron chi connectivity index (χ0n) is 11.0. The molecule has 0 saturated carbocycles. The lowest BCUT2D eigenvalue weighted by molar-refractivity contribution is 0.528. The zero-order valence-corrected chi connectivity index (χ0v) is 12.2. The largest absolute Gasteiger partial charge is 0.363 e. The Morgan fingerprint density at radius 2 is 2.33 bits per heavy atom. The molecule has 0 heterocycles. The highest BCUT2D eigenvalue weighted by atomic mass is 31.0. The minimum atomic E-state index is 0.582. The monoisotopic (exact) mass is 259 g/mol. The van der Waals surface area contributed by atoms with Gasteiger partial charge in [0.1, 0.15) is 0 Å². The Bertz CT molecular complexity index is 440. The maximum absolute atomic E-state index is 4.14. The van der Waals surface area contributed by atoms with E-state index < -0.39 is 0 Å². The van der Waals surface area contributed by atoms with Crippen LogP contribution in [0.25, 0.3) is 0 Å². The van der Waals surface area contributed by atoms with Crippen LogP contribution in [0.2, 0.25) is 0 Å². The van der Waals surface area contributed by atoms with Gasteiger partial charge in [-0.05, 0) is 32.3 Å². The lowest BCUT2D eigenvalue weighted by atomic mass is 9.88. The first kappa shape index (κ1) is 13.4. The summed E-state index contributed by atoms with van der Waals surface area (Å²) in [5.41, 5.74) is 2.44. The van der Waals surface area contributed by atoms with Crippen LogP contribution in [-0.2, 0) is 0 Å². The van der Waals surface area contributed by atoms with E-state index in [1.807, 2.05) is 0 Å². The summed E-state index contributed by atoms with van der Waals surface area (Å²) < 4.78 is 0.